The molecule has 2 unspecified atom stereocenters. The van der Waals surface area contributed by atoms with Crippen LogP contribution in [0.2, 0.25) is 0 Å². The highest BCUT2D eigenvalue weighted by molar-refractivity contribution is 5.96. The smallest absolute Gasteiger partial charge is 0.338 e. The number of aliphatic hydroxyl groups is 1. The van der Waals surface area contributed by atoms with E-state index in [-0.39, 0.29) is 23.0 Å². The van der Waals surface area contributed by atoms with Crippen molar-refractivity contribution in [2.45, 2.75) is 32.4 Å². The maximum Gasteiger partial charge on any atom is 0.338 e. The molecule has 7 heteroatoms. The Morgan fingerprint density at radius 3 is 2.58 bits per heavy atom. The highest BCUT2D eigenvalue weighted by Crippen LogP contribution is 2.29. The topological polar surface area (TPSA) is 113 Å². The average molecular weight is 268 g/mol. The van der Waals surface area contributed by atoms with Gasteiger partial charge in [0.25, 0.3) is 5.69 Å². The van der Waals surface area contributed by atoms with Crippen LogP contribution >= 0.6 is 0 Å². The summed E-state index contributed by atoms with van der Waals surface area (Å²) < 4.78 is 0. The molecule has 19 heavy (non-hydrogen) atoms. The first kappa shape index (κ1) is 14.9. The lowest BCUT2D eigenvalue weighted by molar-refractivity contribution is -0.384. The summed E-state index contributed by atoms with van der Waals surface area (Å²) in [4.78, 5) is 21.4. The van der Waals surface area contributed by atoms with Crippen LogP contribution in [0.3, 0.4) is 0 Å². The first-order chi connectivity index (χ1) is 8.82. The number of rotatable bonds is 6. The number of nitro groups is 1. The number of nitrogens with one attached hydrogen (secondary N) is 1. The third kappa shape index (κ3) is 3.92. The minimum atomic E-state index is -1.24. The van der Waals surface area contributed by atoms with E-state index in [9.17, 15) is 20.0 Å². The molecule has 0 saturated heterocycles. The number of carboxylic acid groups (broad SMARTS) is 1. The molecule has 0 aliphatic rings. The predicted octanol–water partition coefficient (Wildman–Crippen LogP) is 1.86. The van der Waals surface area contributed by atoms with Crippen molar-refractivity contribution in [2.75, 3.05) is 5.32 Å². The summed E-state index contributed by atoms with van der Waals surface area (Å²) in [6.45, 7) is 3.31. The standard InChI is InChI=1S/C12H16N2O5/c1-7(6-8(2)15)13-11-9(12(16)17)4-3-5-10(11)14(18)19/h3-5,7-8,13,15H,6H2,1-2H3,(H,16,17). The van der Waals surface area contributed by atoms with Gasteiger partial charge in [-0.3, -0.25) is 10.1 Å². The number of nitrogens with zero attached hydrogens (tertiary/aromatic N) is 1. The van der Waals surface area contributed by atoms with E-state index >= 15 is 0 Å². The number of carboxylic acids is 1. The minimum absolute atomic E-state index is 0.0341. The van der Waals surface area contributed by atoms with Gasteiger partial charge < -0.3 is 15.5 Å². The van der Waals surface area contributed by atoms with Crippen molar-refractivity contribution in [3.63, 3.8) is 0 Å². The molecular weight excluding hydrogens is 252 g/mol. The van der Waals surface area contributed by atoms with E-state index in [1.807, 2.05) is 0 Å². The van der Waals surface area contributed by atoms with Gasteiger partial charge in [0.2, 0.25) is 0 Å². The van der Waals surface area contributed by atoms with Gasteiger partial charge in [0, 0.05) is 12.1 Å². The number of benzene rings is 1. The van der Waals surface area contributed by atoms with Crippen molar-refractivity contribution in [2.24, 2.45) is 0 Å². The number of carbonyl (C=O) groups is 1. The highest BCUT2D eigenvalue weighted by atomic mass is 16.6. The molecule has 0 aliphatic heterocycles. The number of hydrogen-bond acceptors (Lipinski definition) is 5. The maximum atomic E-state index is 11.1. The Bertz CT molecular complexity index is 455. The second-order valence-corrected chi connectivity index (χ2v) is 4.39. The predicted molar refractivity (Wildman–Crippen MR) is 69.4 cm³/mol. The van der Waals surface area contributed by atoms with Crippen LogP contribution in [0.15, 0.2) is 18.2 Å². The third-order valence-electron chi connectivity index (χ3n) is 2.55. The van der Waals surface area contributed by atoms with Crippen LogP contribution < -0.4 is 5.32 Å². The zero-order valence-corrected chi connectivity index (χ0v) is 10.7. The molecule has 0 spiro atoms. The average Bonchev–Trinajstić information content (AvgIpc) is 2.27. The van der Waals surface area contributed by atoms with E-state index < -0.39 is 17.0 Å². The van der Waals surface area contributed by atoms with Crippen LogP contribution in [-0.2, 0) is 0 Å². The molecule has 1 rings (SSSR count). The second-order valence-electron chi connectivity index (χ2n) is 4.39. The van der Waals surface area contributed by atoms with Crippen LogP contribution in [0.4, 0.5) is 11.4 Å². The molecule has 2 atom stereocenters. The molecular formula is C12H16N2O5. The van der Waals surface area contributed by atoms with Gasteiger partial charge in [-0.1, -0.05) is 6.07 Å². The highest BCUT2D eigenvalue weighted by Gasteiger charge is 2.22. The molecule has 7 nitrogen and oxygen atoms in total. The summed E-state index contributed by atoms with van der Waals surface area (Å²) in [6, 6.07) is 3.57. The van der Waals surface area contributed by atoms with Gasteiger partial charge in [0.1, 0.15) is 5.69 Å². The molecule has 0 heterocycles. The van der Waals surface area contributed by atoms with E-state index in [0.29, 0.717) is 6.42 Å². The van der Waals surface area contributed by atoms with Crippen LogP contribution in [-0.4, -0.2) is 33.3 Å². The van der Waals surface area contributed by atoms with Crippen molar-refractivity contribution in [1.29, 1.82) is 0 Å². The quantitative estimate of drug-likeness (QED) is 0.536. The van der Waals surface area contributed by atoms with E-state index in [4.69, 9.17) is 5.11 Å². The second kappa shape index (κ2) is 6.14. The van der Waals surface area contributed by atoms with Crippen LogP contribution in [0, 0.1) is 10.1 Å². The van der Waals surface area contributed by atoms with Gasteiger partial charge in [0.15, 0.2) is 0 Å². The molecule has 0 bridgehead atoms. The zero-order chi connectivity index (χ0) is 14.6. The van der Waals surface area contributed by atoms with Crippen molar-refractivity contribution in [3.05, 3.63) is 33.9 Å². The van der Waals surface area contributed by atoms with Crippen molar-refractivity contribution < 1.29 is 19.9 Å². The lowest BCUT2D eigenvalue weighted by atomic mass is 10.1. The Balaban J connectivity index is 3.14. The Kier molecular flexibility index (Phi) is 4.82. The third-order valence-corrected chi connectivity index (χ3v) is 2.55. The van der Waals surface area contributed by atoms with Gasteiger partial charge in [-0.15, -0.1) is 0 Å². The molecule has 1 aromatic carbocycles. The van der Waals surface area contributed by atoms with Gasteiger partial charge >= 0.3 is 5.97 Å². The summed E-state index contributed by atoms with van der Waals surface area (Å²) in [5.41, 5.74) is -0.489. The monoisotopic (exact) mass is 268 g/mol. The summed E-state index contributed by atoms with van der Waals surface area (Å²) >= 11 is 0. The Labute approximate surface area is 110 Å². The fourth-order valence-corrected chi connectivity index (χ4v) is 1.84. The number of anilines is 1. The van der Waals surface area contributed by atoms with Crippen molar-refractivity contribution >= 4 is 17.3 Å². The number of aliphatic hydroxyl groups excluding tert-OH is 1. The molecule has 0 aromatic heterocycles. The largest absolute Gasteiger partial charge is 0.478 e. The lowest BCUT2D eigenvalue weighted by Crippen LogP contribution is -2.22. The first-order valence-corrected chi connectivity index (χ1v) is 5.78. The van der Waals surface area contributed by atoms with Gasteiger partial charge in [0.05, 0.1) is 16.6 Å². The van der Waals surface area contributed by atoms with Crippen LogP contribution in [0.5, 0.6) is 0 Å². The summed E-state index contributed by atoms with van der Waals surface area (Å²) in [7, 11) is 0. The fourth-order valence-electron chi connectivity index (χ4n) is 1.84. The zero-order valence-electron chi connectivity index (χ0n) is 10.7. The summed E-state index contributed by atoms with van der Waals surface area (Å²) in [5, 5.41) is 32.0. The number of nitro benzene ring substituents is 1. The lowest BCUT2D eigenvalue weighted by Gasteiger charge is -2.18. The molecule has 0 amide bonds. The number of aromatic carboxylic acids is 1. The Morgan fingerprint density at radius 2 is 2.11 bits per heavy atom. The fraction of sp³-hybridized carbons (Fsp3) is 0.417. The number of hydrogen-bond donors (Lipinski definition) is 3. The molecule has 3 N–H and O–H groups in total. The maximum absolute atomic E-state index is 11.1. The molecule has 1 aromatic rings. The molecule has 0 saturated carbocycles. The van der Waals surface area contributed by atoms with Gasteiger partial charge in [-0.25, -0.2) is 4.79 Å². The Hall–Kier alpha value is -2.15. The van der Waals surface area contributed by atoms with E-state index in [1.165, 1.54) is 18.2 Å². The Morgan fingerprint density at radius 1 is 1.47 bits per heavy atom. The molecule has 0 radical (unpaired) electrons. The summed E-state index contributed by atoms with van der Waals surface area (Å²) in [6.07, 6.45) is -0.232. The van der Waals surface area contributed by atoms with Crippen molar-refractivity contribution in [3.8, 4) is 0 Å². The first-order valence-electron chi connectivity index (χ1n) is 5.78. The number of para-hydroxylation sites is 1. The van der Waals surface area contributed by atoms with Gasteiger partial charge in [-0.2, -0.15) is 0 Å². The molecule has 0 fully saturated rings. The van der Waals surface area contributed by atoms with E-state index in [2.05, 4.69) is 5.32 Å². The molecule has 104 valence electrons. The summed E-state index contributed by atoms with van der Waals surface area (Å²) in [5.74, 6) is -1.24. The molecule has 0 aliphatic carbocycles. The van der Waals surface area contributed by atoms with Crippen LogP contribution in [0.1, 0.15) is 30.6 Å². The van der Waals surface area contributed by atoms with Crippen molar-refractivity contribution in [1.82, 2.24) is 0 Å². The normalized spacial score (nSPS) is 13.6. The SMILES string of the molecule is CC(O)CC(C)Nc1c(C(=O)O)cccc1[N+](=O)[O-]. The minimum Gasteiger partial charge on any atom is -0.478 e. The van der Waals surface area contributed by atoms with Crippen LogP contribution in [0.25, 0.3) is 0 Å². The van der Waals surface area contributed by atoms with E-state index in [0.717, 1.165) is 0 Å². The van der Waals surface area contributed by atoms with Gasteiger partial charge in [-0.05, 0) is 26.3 Å². The van der Waals surface area contributed by atoms with E-state index in [1.54, 1.807) is 13.8 Å².